The number of nitrogens with one attached hydrogen (secondary N) is 1. The summed E-state index contributed by atoms with van der Waals surface area (Å²) in [5, 5.41) is 5.22. The van der Waals surface area contributed by atoms with Crippen LogP contribution in [0.4, 0.5) is 0 Å². The third-order valence-corrected chi connectivity index (χ3v) is 3.99. The molecule has 1 aliphatic rings. The quantitative estimate of drug-likeness (QED) is 0.894. The number of hydrogen-bond donors (Lipinski definition) is 1. The van der Waals surface area contributed by atoms with Crippen LogP contribution in [0.3, 0.4) is 0 Å². The number of ether oxygens (including phenoxy) is 1. The lowest BCUT2D eigenvalue weighted by molar-refractivity contribution is 0.398. The van der Waals surface area contributed by atoms with E-state index < -0.39 is 0 Å². The molecule has 18 heavy (non-hydrogen) atoms. The molecule has 3 rings (SSSR count). The summed E-state index contributed by atoms with van der Waals surface area (Å²) in [4.78, 5) is 0. The van der Waals surface area contributed by atoms with Gasteiger partial charge in [-0.1, -0.05) is 18.0 Å². The topological polar surface area (TPSA) is 34.4 Å². The van der Waals surface area contributed by atoms with Gasteiger partial charge in [-0.3, -0.25) is 0 Å². The van der Waals surface area contributed by atoms with E-state index in [0.29, 0.717) is 6.04 Å². The van der Waals surface area contributed by atoms with Gasteiger partial charge in [-0.05, 0) is 37.1 Å². The molecule has 1 unspecified atom stereocenters. The highest BCUT2D eigenvalue weighted by molar-refractivity contribution is 6.36. The molecule has 3 nitrogen and oxygen atoms in total. The first-order chi connectivity index (χ1) is 8.81. The molecule has 0 saturated carbocycles. The van der Waals surface area contributed by atoms with Crippen molar-refractivity contribution in [1.29, 1.82) is 0 Å². The highest BCUT2D eigenvalue weighted by atomic mass is 35.5. The Bertz CT molecular complexity index is 558. The molecule has 1 atom stereocenters. The highest BCUT2D eigenvalue weighted by Crippen LogP contribution is 2.39. The van der Waals surface area contributed by atoms with E-state index >= 15 is 0 Å². The maximum Gasteiger partial charge on any atom is 0.177 e. The molecule has 1 aromatic heterocycles. The Balaban J connectivity index is 2.12. The molecule has 0 aliphatic carbocycles. The van der Waals surface area contributed by atoms with Crippen molar-refractivity contribution in [3.05, 3.63) is 29.0 Å². The van der Waals surface area contributed by atoms with Gasteiger partial charge in [0.2, 0.25) is 0 Å². The summed E-state index contributed by atoms with van der Waals surface area (Å²) in [7, 11) is 1.66. The molecule has 0 amide bonds. The van der Waals surface area contributed by atoms with Gasteiger partial charge in [-0.15, -0.1) is 0 Å². The Morgan fingerprint density at radius 2 is 2.33 bits per heavy atom. The van der Waals surface area contributed by atoms with Crippen LogP contribution < -0.4 is 10.1 Å². The third-order valence-electron chi connectivity index (χ3n) is 3.57. The Labute approximate surface area is 111 Å². The van der Waals surface area contributed by atoms with E-state index in [1.165, 1.54) is 12.8 Å². The van der Waals surface area contributed by atoms with Crippen LogP contribution >= 0.6 is 11.6 Å². The Morgan fingerprint density at radius 1 is 1.44 bits per heavy atom. The van der Waals surface area contributed by atoms with Gasteiger partial charge in [0, 0.05) is 11.4 Å². The van der Waals surface area contributed by atoms with Crippen LogP contribution in [0.15, 0.2) is 22.8 Å². The predicted molar refractivity (Wildman–Crippen MR) is 72.4 cm³/mol. The first kappa shape index (κ1) is 11.9. The predicted octanol–water partition coefficient (Wildman–Crippen LogP) is 3.91. The third kappa shape index (κ3) is 1.88. The summed E-state index contributed by atoms with van der Waals surface area (Å²) in [5.41, 5.74) is 1.84. The SMILES string of the molecule is COc1cc(C2CCCCN2)c(Cl)c2ccoc12. The molecular weight excluding hydrogens is 250 g/mol. The summed E-state index contributed by atoms with van der Waals surface area (Å²) in [6.45, 7) is 1.05. The molecule has 0 bridgehead atoms. The number of benzene rings is 1. The molecule has 2 heterocycles. The molecule has 2 aromatic rings. The fourth-order valence-corrected chi connectivity index (χ4v) is 2.96. The number of piperidine rings is 1. The van der Waals surface area contributed by atoms with Gasteiger partial charge in [0.25, 0.3) is 0 Å². The van der Waals surface area contributed by atoms with Crippen molar-refractivity contribution in [2.24, 2.45) is 0 Å². The second-order valence-electron chi connectivity index (χ2n) is 4.65. The van der Waals surface area contributed by atoms with Crippen molar-refractivity contribution >= 4 is 22.6 Å². The number of furan rings is 1. The van der Waals surface area contributed by atoms with Gasteiger partial charge >= 0.3 is 0 Å². The summed E-state index contributed by atoms with van der Waals surface area (Å²) >= 11 is 6.49. The molecule has 0 radical (unpaired) electrons. The van der Waals surface area contributed by atoms with Crippen molar-refractivity contribution in [1.82, 2.24) is 5.32 Å². The van der Waals surface area contributed by atoms with Crippen LogP contribution in [0.1, 0.15) is 30.9 Å². The van der Waals surface area contributed by atoms with Gasteiger partial charge in [0.05, 0.1) is 18.4 Å². The van der Waals surface area contributed by atoms with E-state index in [2.05, 4.69) is 5.32 Å². The molecule has 1 saturated heterocycles. The Kier molecular flexibility index (Phi) is 3.18. The maximum absolute atomic E-state index is 6.49. The Morgan fingerprint density at radius 3 is 3.06 bits per heavy atom. The molecule has 1 N–H and O–H groups in total. The lowest BCUT2D eigenvalue weighted by atomic mass is 9.96. The Hall–Kier alpha value is -1.19. The first-order valence-electron chi connectivity index (χ1n) is 6.28. The van der Waals surface area contributed by atoms with Gasteiger partial charge in [-0.25, -0.2) is 0 Å². The standard InChI is InChI=1S/C14H16ClNO2/c1-17-12-8-10(11-4-2-3-6-16-11)13(15)9-5-7-18-14(9)12/h5,7-8,11,16H,2-4,6H2,1H3. The highest BCUT2D eigenvalue weighted by Gasteiger charge is 2.21. The maximum atomic E-state index is 6.49. The van der Waals surface area contributed by atoms with Crippen molar-refractivity contribution in [3.8, 4) is 5.75 Å². The van der Waals surface area contributed by atoms with Crippen molar-refractivity contribution in [2.75, 3.05) is 13.7 Å². The zero-order valence-corrected chi connectivity index (χ0v) is 11.1. The van der Waals surface area contributed by atoms with E-state index in [1.54, 1.807) is 13.4 Å². The van der Waals surface area contributed by atoms with E-state index in [9.17, 15) is 0 Å². The average molecular weight is 266 g/mol. The van der Waals surface area contributed by atoms with Crippen LogP contribution in [-0.4, -0.2) is 13.7 Å². The average Bonchev–Trinajstić information content (AvgIpc) is 2.90. The largest absolute Gasteiger partial charge is 0.493 e. The van der Waals surface area contributed by atoms with E-state index in [0.717, 1.165) is 40.3 Å². The summed E-state index contributed by atoms with van der Waals surface area (Å²) < 4.78 is 10.8. The molecule has 4 heteroatoms. The van der Waals surface area contributed by atoms with Crippen LogP contribution in [0.2, 0.25) is 5.02 Å². The monoisotopic (exact) mass is 265 g/mol. The molecule has 1 aromatic carbocycles. The van der Waals surface area contributed by atoms with Crippen molar-refractivity contribution in [3.63, 3.8) is 0 Å². The minimum absolute atomic E-state index is 0.319. The minimum Gasteiger partial charge on any atom is -0.493 e. The van der Waals surface area contributed by atoms with Gasteiger partial charge < -0.3 is 14.5 Å². The van der Waals surface area contributed by atoms with Gasteiger partial charge in [0.15, 0.2) is 11.3 Å². The van der Waals surface area contributed by atoms with Gasteiger partial charge in [0.1, 0.15) is 0 Å². The lowest BCUT2D eigenvalue weighted by Crippen LogP contribution is -2.27. The number of fused-ring (bicyclic) bond motifs is 1. The van der Waals surface area contributed by atoms with Crippen molar-refractivity contribution in [2.45, 2.75) is 25.3 Å². The molecule has 1 fully saturated rings. The number of hydrogen-bond acceptors (Lipinski definition) is 3. The zero-order chi connectivity index (χ0) is 12.5. The first-order valence-corrected chi connectivity index (χ1v) is 6.66. The summed E-state index contributed by atoms with van der Waals surface area (Å²) in [5.74, 6) is 0.752. The van der Waals surface area contributed by atoms with Crippen molar-refractivity contribution < 1.29 is 9.15 Å². The fraction of sp³-hybridized carbons (Fsp3) is 0.429. The minimum atomic E-state index is 0.319. The molecule has 96 valence electrons. The number of halogens is 1. The molecular formula is C14H16ClNO2. The molecule has 1 aliphatic heterocycles. The van der Waals surface area contributed by atoms with Crippen LogP contribution in [0.25, 0.3) is 11.0 Å². The smallest absolute Gasteiger partial charge is 0.177 e. The van der Waals surface area contributed by atoms with E-state index in [4.69, 9.17) is 20.8 Å². The normalized spacial score (nSPS) is 20.2. The zero-order valence-electron chi connectivity index (χ0n) is 10.3. The number of methoxy groups -OCH3 is 1. The van der Waals surface area contributed by atoms with Gasteiger partial charge in [-0.2, -0.15) is 0 Å². The molecule has 0 spiro atoms. The summed E-state index contributed by atoms with van der Waals surface area (Å²) in [6.07, 6.45) is 5.24. The second-order valence-corrected chi connectivity index (χ2v) is 5.03. The lowest BCUT2D eigenvalue weighted by Gasteiger charge is -2.25. The summed E-state index contributed by atoms with van der Waals surface area (Å²) in [6, 6.07) is 4.21. The fourth-order valence-electron chi connectivity index (χ4n) is 2.62. The number of rotatable bonds is 2. The second kappa shape index (κ2) is 4.82. The van der Waals surface area contributed by atoms with Crippen LogP contribution in [0.5, 0.6) is 5.75 Å². The van der Waals surface area contributed by atoms with E-state index in [-0.39, 0.29) is 0 Å². The van der Waals surface area contributed by atoms with Crippen LogP contribution in [-0.2, 0) is 0 Å². The van der Waals surface area contributed by atoms with E-state index in [1.807, 2.05) is 12.1 Å². The van der Waals surface area contributed by atoms with Crippen LogP contribution in [0, 0.1) is 0 Å².